The zero-order valence-corrected chi connectivity index (χ0v) is 12.8. The number of aldehydes is 1. The highest BCUT2D eigenvalue weighted by Crippen LogP contribution is 2.13. The molecule has 114 valence electrons. The Bertz CT molecular complexity index is 554. The zero-order chi connectivity index (χ0) is 15.8. The van der Waals surface area contributed by atoms with Crippen molar-refractivity contribution in [2.24, 2.45) is 5.92 Å². The van der Waals surface area contributed by atoms with E-state index in [2.05, 4.69) is 0 Å². The molecule has 2 aromatic rings. The number of amides is 1. The summed E-state index contributed by atoms with van der Waals surface area (Å²) in [5.74, 6) is -0.242. The summed E-state index contributed by atoms with van der Waals surface area (Å²) in [4.78, 5) is 25.1. The Kier molecular flexibility index (Phi) is 5.90. The summed E-state index contributed by atoms with van der Waals surface area (Å²) in [5, 5.41) is 0. The van der Waals surface area contributed by atoms with E-state index in [0.717, 1.165) is 17.4 Å². The van der Waals surface area contributed by atoms with Gasteiger partial charge in [-0.15, -0.1) is 0 Å². The fourth-order valence-electron chi connectivity index (χ4n) is 2.29. The first-order valence-electron chi connectivity index (χ1n) is 7.50. The van der Waals surface area contributed by atoms with Crippen LogP contribution in [0.25, 0.3) is 0 Å². The van der Waals surface area contributed by atoms with Gasteiger partial charge in [0.05, 0.1) is 0 Å². The second-order valence-corrected chi connectivity index (χ2v) is 5.54. The minimum absolute atomic E-state index is 0.00676. The fraction of sp³-hybridized carbons (Fsp3) is 0.263. The molecule has 0 bridgehead atoms. The molecule has 0 N–H and O–H groups in total. The van der Waals surface area contributed by atoms with E-state index >= 15 is 0 Å². The molecule has 1 unspecified atom stereocenters. The van der Waals surface area contributed by atoms with E-state index in [0.29, 0.717) is 13.1 Å². The minimum atomic E-state index is -0.249. The maximum absolute atomic E-state index is 12.5. The number of nitrogens with zero attached hydrogens (tertiary/aromatic N) is 1. The fourth-order valence-corrected chi connectivity index (χ4v) is 2.29. The van der Waals surface area contributed by atoms with Gasteiger partial charge in [0, 0.05) is 25.4 Å². The van der Waals surface area contributed by atoms with Gasteiger partial charge in [-0.1, -0.05) is 67.6 Å². The molecule has 0 fully saturated rings. The van der Waals surface area contributed by atoms with E-state index in [-0.39, 0.29) is 18.2 Å². The van der Waals surface area contributed by atoms with E-state index in [1.807, 2.05) is 65.6 Å². The highest BCUT2D eigenvalue weighted by atomic mass is 16.2. The summed E-state index contributed by atoms with van der Waals surface area (Å²) in [6.07, 6.45) is 1.09. The average molecular weight is 295 g/mol. The molecule has 1 atom stereocenters. The minimum Gasteiger partial charge on any atom is -0.334 e. The smallest absolute Gasteiger partial charge is 0.223 e. The Hall–Kier alpha value is -2.42. The molecular weight excluding hydrogens is 274 g/mol. The van der Waals surface area contributed by atoms with Gasteiger partial charge in [-0.2, -0.15) is 0 Å². The summed E-state index contributed by atoms with van der Waals surface area (Å²) < 4.78 is 0. The van der Waals surface area contributed by atoms with Crippen LogP contribution in [0, 0.1) is 5.92 Å². The third kappa shape index (κ3) is 4.85. The third-order valence-corrected chi connectivity index (χ3v) is 3.51. The highest BCUT2D eigenvalue weighted by molar-refractivity contribution is 5.79. The van der Waals surface area contributed by atoms with Crippen molar-refractivity contribution in [2.45, 2.75) is 26.4 Å². The van der Waals surface area contributed by atoms with Crippen molar-refractivity contribution in [3.8, 4) is 0 Å². The second-order valence-electron chi connectivity index (χ2n) is 5.54. The Labute approximate surface area is 131 Å². The van der Waals surface area contributed by atoms with Crippen molar-refractivity contribution < 1.29 is 9.59 Å². The molecule has 0 saturated heterocycles. The number of hydrogen-bond donors (Lipinski definition) is 0. The quantitative estimate of drug-likeness (QED) is 0.734. The molecular formula is C19H21NO2. The molecule has 3 heteroatoms. The van der Waals surface area contributed by atoms with Crippen LogP contribution in [0.3, 0.4) is 0 Å². The van der Waals surface area contributed by atoms with Gasteiger partial charge in [-0.05, 0) is 11.1 Å². The first-order valence-corrected chi connectivity index (χ1v) is 7.50. The van der Waals surface area contributed by atoms with Crippen LogP contribution in [0.2, 0.25) is 0 Å². The van der Waals surface area contributed by atoms with Crippen molar-refractivity contribution in [3.05, 3.63) is 71.8 Å². The van der Waals surface area contributed by atoms with E-state index in [9.17, 15) is 9.59 Å². The molecule has 22 heavy (non-hydrogen) atoms. The molecule has 0 heterocycles. The molecule has 2 aromatic carbocycles. The van der Waals surface area contributed by atoms with Crippen molar-refractivity contribution in [1.82, 2.24) is 4.90 Å². The number of carbonyl (C=O) groups is 2. The van der Waals surface area contributed by atoms with Gasteiger partial charge in [-0.25, -0.2) is 0 Å². The van der Waals surface area contributed by atoms with Gasteiger partial charge in [0.25, 0.3) is 0 Å². The summed E-state index contributed by atoms with van der Waals surface area (Å²) in [5.41, 5.74) is 2.18. The number of hydrogen-bond acceptors (Lipinski definition) is 2. The maximum atomic E-state index is 12.5. The van der Waals surface area contributed by atoms with Crippen LogP contribution >= 0.6 is 0 Å². The summed E-state index contributed by atoms with van der Waals surface area (Å²) >= 11 is 0. The van der Waals surface area contributed by atoms with E-state index < -0.39 is 0 Å². The van der Waals surface area contributed by atoms with Gasteiger partial charge in [-0.3, -0.25) is 4.79 Å². The molecule has 0 saturated carbocycles. The molecule has 2 rings (SSSR count). The molecule has 0 spiro atoms. The van der Waals surface area contributed by atoms with Gasteiger partial charge < -0.3 is 9.69 Å². The van der Waals surface area contributed by atoms with Gasteiger partial charge in [0.1, 0.15) is 6.29 Å². The van der Waals surface area contributed by atoms with Crippen LogP contribution < -0.4 is 0 Å². The predicted octanol–water partition coefficient (Wildman–Crippen LogP) is 3.44. The van der Waals surface area contributed by atoms with Crippen LogP contribution in [0.4, 0.5) is 0 Å². The molecule has 1 amide bonds. The van der Waals surface area contributed by atoms with Crippen LogP contribution in [0.15, 0.2) is 60.7 Å². The predicted molar refractivity (Wildman–Crippen MR) is 87.0 cm³/mol. The average Bonchev–Trinajstić information content (AvgIpc) is 2.56. The largest absolute Gasteiger partial charge is 0.334 e. The third-order valence-electron chi connectivity index (χ3n) is 3.51. The Balaban J connectivity index is 2.12. The lowest BCUT2D eigenvalue weighted by molar-refractivity contribution is -0.134. The van der Waals surface area contributed by atoms with E-state index in [4.69, 9.17) is 0 Å². The zero-order valence-electron chi connectivity index (χ0n) is 12.8. The van der Waals surface area contributed by atoms with Crippen molar-refractivity contribution in [2.75, 3.05) is 0 Å². The highest BCUT2D eigenvalue weighted by Gasteiger charge is 2.17. The molecule has 0 radical (unpaired) electrons. The normalized spacial score (nSPS) is 11.7. The topological polar surface area (TPSA) is 37.4 Å². The lowest BCUT2D eigenvalue weighted by atomic mass is 10.1. The van der Waals surface area contributed by atoms with Gasteiger partial charge in [0.2, 0.25) is 5.91 Å². The summed E-state index contributed by atoms with van der Waals surface area (Å²) in [6.45, 7) is 2.88. The van der Waals surface area contributed by atoms with E-state index in [1.165, 1.54) is 0 Å². The standard InChI is InChI=1S/C19H21NO2/c1-16(15-21)12-19(22)20(13-17-8-4-2-5-9-17)14-18-10-6-3-7-11-18/h2-11,15-16H,12-14H2,1H3. The Morgan fingerprint density at radius 1 is 0.955 bits per heavy atom. The summed E-state index contributed by atoms with van der Waals surface area (Å²) in [7, 11) is 0. The van der Waals surface area contributed by atoms with Crippen LogP contribution in [0.1, 0.15) is 24.5 Å². The number of benzene rings is 2. The Morgan fingerprint density at radius 3 is 1.82 bits per heavy atom. The number of rotatable bonds is 7. The monoisotopic (exact) mass is 295 g/mol. The molecule has 0 aliphatic heterocycles. The number of carbonyl (C=O) groups excluding carboxylic acids is 2. The van der Waals surface area contributed by atoms with Gasteiger partial charge in [0.15, 0.2) is 0 Å². The van der Waals surface area contributed by atoms with Crippen molar-refractivity contribution in [1.29, 1.82) is 0 Å². The molecule has 0 aromatic heterocycles. The van der Waals surface area contributed by atoms with Crippen LogP contribution in [0.5, 0.6) is 0 Å². The van der Waals surface area contributed by atoms with Crippen molar-refractivity contribution >= 4 is 12.2 Å². The van der Waals surface area contributed by atoms with Crippen LogP contribution in [-0.2, 0) is 22.7 Å². The summed E-state index contributed by atoms with van der Waals surface area (Å²) in [6, 6.07) is 19.8. The molecule has 3 nitrogen and oxygen atoms in total. The Morgan fingerprint density at radius 2 is 1.41 bits per heavy atom. The molecule has 0 aliphatic carbocycles. The first kappa shape index (κ1) is 16.0. The van der Waals surface area contributed by atoms with Crippen molar-refractivity contribution in [3.63, 3.8) is 0 Å². The molecule has 0 aliphatic rings. The van der Waals surface area contributed by atoms with E-state index in [1.54, 1.807) is 6.92 Å². The van der Waals surface area contributed by atoms with Gasteiger partial charge >= 0.3 is 0 Å². The second kappa shape index (κ2) is 8.13. The van der Waals surface area contributed by atoms with Crippen LogP contribution in [-0.4, -0.2) is 17.1 Å². The first-order chi connectivity index (χ1) is 10.7. The maximum Gasteiger partial charge on any atom is 0.223 e. The lowest BCUT2D eigenvalue weighted by Crippen LogP contribution is -2.31. The SMILES string of the molecule is CC(C=O)CC(=O)N(Cc1ccccc1)Cc1ccccc1. The lowest BCUT2D eigenvalue weighted by Gasteiger charge is -2.24.